The molecule has 8 heteroatoms. The molecule has 1 aromatic rings. The molecule has 7 atom stereocenters. The zero-order valence-electron chi connectivity index (χ0n) is 25.1. The molecule has 1 spiro atoms. The molecule has 2 bridgehead atoms. The van der Waals surface area contributed by atoms with Gasteiger partial charge >= 0.3 is 0 Å². The summed E-state index contributed by atoms with van der Waals surface area (Å²) in [5.41, 5.74) is -1.04. The van der Waals surface area contributed by atoms with Crippen molar-refractivity contribution in [3.05, 3.63) is 61.2 Å². The van der Waals surface area contributed by atoms with Crippen LogP contribution < -0.4 is 0 Å². The number of fused-ring (bicyclic) bond motifs is 1. The maximum Gasteiger partial charge on any atom is 0.249 e. The Hall–Kier alpha value is -2.97. The van der Waals surface area contributed by atoms with E-state index in [4.69, 9.17) is 4.74 Å². The van der Waals surface area contributed by atoms with Crippen molar-refractivity contribution in [2.75, 3.05) is 26.2 Å². The van der Waals surface area contributed by atoms with Gasteiger partial charge < -0.3 is 24.5 Å². The molecule has 1 N–H and O–H groups in total. The standard InChI is InChI=1S/C33H47N3O5/c1-7-18-34(19-8-2)29(38)26-27-30(39)36(25(22-37)23(5)10-4)28(33(27)17-16-32(26,6)41-33)31(40)35(20-9-3)21-24-14-12-11-13-15-24/h7,9,11-15,23,25-28,37H,1,3,8,10,16-22H2,2,4-6H3/t23-,25-,26-,27-,28?,32+,33?/m0/s1. The van der Waals surface area contributed by atoms with Crippen LogP contribution in [0.5, 0.6) is 0 Å². The predicted molar refractivity (Wildman–Crippen MR) is 159 cm³/mol. The molecule has 0 radical (unpaired) electrons. The van der Waals surface area contributed by atoms with Crippen molar-refractivity contribution in [2.24, 2.45) is 17.8 Å². The van der Waals surface area contributed by atoms with E-state index in [0.717, 1.165) is 18.4 Å². The number of aliphatic hydroxyl groups excluding tert-OH is 1. The van der Waals surface area contributed by atoms with E-state index in [2.05, 4.69) is 13.2 Å². The quantitative estimate of drug-likeness (QED) is 0.347. The Labute approximate surface area is 245 Å². The zero-order valence-corrected chi connectivity index (χ0v) is 25.1. The van der Waals surface area contributed by atoms with Gasteiger partial charge in [-0.25, -0.2) is 0 Å². The normalized spacial score (nSPS) is 29.6. The van der Waals surface area contributed by atoms with Gasteiger partial charge in [0, 0.05) is 26.2 Å². The molecule has 3 fully saturated rings. The molecule has 3 aliphatic rings. The van der Waals surface area contributed by atoms with E-state index in [1.54, 1.807) is 26.9 Å². The number of benzene rings is 1. The van der Waals surface area contributed by atoms with E-state index in [1.807, 2.05) is 58.0 Å². The third-order valence-corrected chi connectivity index (χ3v) is 9.59. The van der Waals surface area contributed by atoms with Crippen LogP contribution in [0.2, 0.25) is 0 Å². The molecule has 0 aromatic heterocycles. The van der Waals surface area contributed by atoms with Gasteiger partial charge in [0.1, 0.15) is 11.6 Å². The van der Waals surface area contributed by atoms with Crippen molar-refractivity contribution >= 4 is 17.7 Å². The zero-order chi connectivity index (χ0) is 29.9. The van der Waals surface area contributed by atoms with Gasteiger partial charge in [-0.05, 0) is 37.7 Å². The number of likely N-dealkylation sites (tertiary alicyclic amines) is 1. The topological polar surface area (TPSA) is 90.4 Å². The maximum atomic E-state index is 14.7. The van der Waals surface area contributed by atoms with Crippen LogP contribution >= 0.6 is 0 Å². The number of amides is 3. The van der Waals surface area contributed by atoms with Crippen LogP contribution in [0.25, 0.3) is 0 Å². The smallest absolute Gasteiger partial charge is 0.249 e. The minimum atomic E-state index is -1.15. The van der Waals surface area contributed by atoms with E-state index in [0.29, 0.717) is 39.0 Å². The molecule has 0 saturated carbocycles. The Morgan fingerprint density at radius 3 is 2.37 bits per heavy atom. The van der Waals surface area contributed by atoms with Crippen LogP contribution in [-0.2, 0) is 25.7 Å². The molecule has 41 heavy (non-hydrogen) atoms. The number of hydrogen-bond donors (Lipinski definition) is 1. The van der Waals surface area contributed by atoms with Crippen molar-refractivity contribution in [1.29, 1.82) is 0 Å². The van der Waals surface area contributed by atoms with Crippen LogP contribution in [0, 0.1) is 17.8 Å². The summed E-state index contributed by atoms with van der Waals surface area (Å²) in [5.74, 6) is -2.20. The van der Waals surface area contributed by atoms with Crippen molar-refractivity contribution in [1.82, 2.24) is 14.7 Å². The Bertz CT molecular complexity index is 1140. The molecule has 2 unspecified atom stereocenters. The highest BCUT2D eigenvalue weighted by atomic mass is 16.5. The molecule has 0 aliphatic carbocycles. The average molecular weight is 566 g/mol. The van der Waals surface area contributed by atoms with Crippen LogP contribution in [0.4, 0.5) is 0 Å². The van der Waals surface area contributed by atoms with Crippen LogP contribution in [0.15, 0.2) is 55.6 Å². The summed E-state index contributed by atoms with van der Waals surface area (Å²) in [6, 6.07) is 8.20. The lowest BCUT2D eigenvalue weighted by Gasteiger charge is -2.41. The van der Waals surface area contributed by atoms with Crippen molar-refractivity contribution in [3.63, 3.8) is 0 Å². The number of carbonyl (C=O) groups is 3. The summed E-state index contributed by atoms with van der Waals surface area (Å²) < 4.78 is 6.84. The summed E-state index contributed by atoms with van der Waals surface area (Å²) in [6.07, 6.45) is 5.96. The molecule has 3 saturated heterocycles. The third-order valence-electron chi connectivity index (χ3n) is 9.59. The summed E-state index contributed by atoms with van der Waals surface area (Å²) in [4.78, 5) is 48.5. The molecule has 4 rings (SSSR count). The third kappa shape index (κ3) is 5.25. The minimum absolute atomic E-state index is 0.0595. The fourth-order valence-electron chi connectivity index (χ4n) is 7.47. The van der Waals surface area contributed by atoms with E-state index in [-0.39, 0.29) is 30.2 Å². The highest BCUT2D eigenvalue weighted by Gasteiger charge is 2.79. The second-order valence-corrected chi connectivity index (χ2v) is 12.2. The maximum absolute atomic E-state index is 14.7. The van der Waals surface area contributed by atoms with Gasteiger partial charge in [0.05, 0.1) is 30.1 Å². The van der Waals surface area contributed by atoms with Gasteiger partial charge in [-0.1, -0.05) is 69.7 Å². The summed E-state index contributed by atoms with van der Waals surface area (Å²) >= 11 is 0. The molecule has 8 nitrogen and oxygen atoms in total. The molecular formula is C33H47N3O5. The summed E-state index contributed by atoms with van der Waals surface area (Å²) in [5, 5.41) is 10.6. The number of hydrogen-bond acceptors (Lipinski definition) is 5. The van der Waals surface area contributed by atoms with E-state index in [1.165, 1.54) is 0 Å². The average Bonchev–Trinajstić information content (AvgIpc) is 3.53. The Kier molecular flexibility index (Phi) is 9.44. The Morgan fingerprint density at radius 2 is 1.78 bits per heavy atom. The number of ether oxygens (including phenoxy) is 1. The van der Waals surface area contributed by atoms with Crippen molar-refractivity contribution in [3.8, 4) is 0 Å². The molecule has 1 aromatic carbocycles. The first kappa shape index (κ1) is 31.0. The van der Waals surface area contributed by atoms with Gasteiger partial charge in [0.15, 0.2) is 0 Å². The fourth-order valence-corrected chi connectivity index (χ4v) is 7.47. The highest BCUT2D eigenvalue weighted by Crippen LogP contribution is 2.64. The number of aliphatic hydroxyl groups is 1. The van der Waals surface area contributed by atoms with Gasteiger partial charge in [-0.2, -0.15) is 0 Å². The molecular weight excluding hydrogens is 518 g/mol. The number of carbonyl (C=O) groups excluding carboxylic acids is 3. The van der Waals surface area contributed by atoms with E-state index < -0.39 is 35.1 Å². The van der Waals surface area contributed by atoms with Crippen LogP contribution in [0.1, 0.15) is 58.9 Å². The first-order valence-electron chi connectivity index (χ1n) is 15.1. The summed E-state index contributed by atoms with van der Waals surface area (Å²) in [7, 11) is 0. The lowest BCUT2D eigenvalue weighted by atomic mass is 9.66. The second kappa shape index (κ2) is 12.5. The minimum Gasteiger partial charge on any atom is -0.394 e. The van der Waals surface area contributed by atoms with E-state index >= 15 is 0 Å². The number of rotatable bonds is 14. The SMILES string of the molecule is C=CCN(Cc1ccccc1)C(=O)C1N([C@@H](CO)[C@@H](C)CC)C(=O)[C@@H]2[C@@H](C(=O)N(CC=C)CCC)[C@@]3(C)CCC12O3. The first-order valence-corrected chi connectivity index (χ1v) is 15.1. The predicted octanol–water partition coefficient (Wildman–Crippen LogP) is 3.80. The molecule has 3 heterocycles. The monoisotopic (exact) mass is 565 g/mol. The first-order chi connectivity index (χ1) is 19.6. The molecule has 224 valence electrons. The lowest BCUT2D eigenvalue weighted by molar-refractivity contribution is -0.158. The molecule has 3 aliphatic heterocycles. The number of nitrogens with zero attached hydrogens (tertiary/aromatic N) is 3. The van der Waals surface area contributed by atoms with Gasteiger partial charge in [-0.3, -0.25) is 14.4 Å². The van der Waals surface area contributed by atoms with Crippen LogP contribution in [0.3, 0.4) is 0 Å². The van der Waals surface area contributed by atoms with Crippen molar-refractivity contribution < 1.29 is 24.2 Å². The van der Waals surface area contributed by atoms with Gasteiger partial charge in [0.2, 0.25) is 17.7 Å². The van der Waals surface area contributed by atoms with Crippen LogP contribution in [-0.4, -0.2) is 87.1 Å². The second-order valence-electron chi connectivity index (χ2n) is 12.2. The largest absolute Gasteiger partial charge is 0.394 e. The van der Waals surface area contributed by atoms with Crippen molar-refractivity contribution in [2.45, 2.75) is 83.2 Å². The van der Waals surface area contributed by atoms with E-state index in [9.17, 15) is 19.5 Å². The molecule has 3 amide bonds. The summed E-state index contributed by atoms with van der Waals surface area (Å²) in [6.45, 7) is 17.0. The van der Waals surface area contributed by atoms with Gasteiger partial charge in [-0.15, -0.1) is 13.2 Å². The Morgan fingerprint density at radius 1 is 1.12 bits per heavy atom. The fraction of sp³-hybridized carbons (Fsp3) is 0.606. The highest BCUT2D eigenvalue weighted by molar-refractivity contribution is 5.99. The Balaban J connectivity index is 1.82. The van der Waals surface area contributed by atoms with Gasteiger partial charge in [0.25, 0.3) is 0 Å². The lowest BCUT2D eigenvalue weighted by Crippen LogP contribution is -2.59.